The minimum absolute atomic E-state index is 0.0107. The van der Waals surface area contributed by atoms with Crippen LogP contribution in [0.4, 0.5) is 4.79 Å². The fraction of sp³-hybridized carbons (Fsp3) is 0.241. The lowest BCUT2D eigenvalue weighted by Crippen LogP contribution is -2.32. The van der Waals surface area contributed by atoms with Crippen LogP contribution in [0.5, 0.6) is 11.5 Å². The van der Waals surface area contributed by atoms with Gasteiger partial charge in [0.1, 0.15) is 23.0 Å². The van der Waals surface area contributed by atoms with E-state index in [9.17, 15) is 18.0 Å². The van der Waals surface area contributed by atoms with E-state index in [0.29, 0.717) is 10.0 Å². The molecule has 4 rings (SSSR count). The smallest absolute Gasteiger partial charge is 0.339 e. The Labute approximate surface area is 241 Å². The molecule has 10 heteroatoms. The van der Waals surface area contributed by atoms with Crippen LogP contribution in [0.25, 0.3) is 6.08 Å². The van der Waals surface area contributed by atoms with E-state index in [0.717, 1.165) is 39.1 Å². The fourth-order valence-electron chi connectivity index (χ4n) is 3.90. The molecule has 0 aliphatic carbocycles. The van der Waals surface area contributed by atoms with Gasteiger partial charge in [-0.3, -0.25) is 14.5 Å². The molecule has 2 amide bonds. The predicted octanol–water partition coefficient (Wildman–Crippen LogP) is 7.07. The average Bonchev–Trinajstić information content (AvgIpc) is 3.13. The number of hydrogen-bond acceptors (Lipinski definition) is 7. The Bertz CT molecular complexity index is 1550. The molecule has 3 aromatic carbocycles. The van der Waals surface area contributed by atoms with Crippen LogP contribution in [0.3, 0.4) is 0 Å². The maximum absolute atomic E-state index is 13.1. The van der Waals surface area contributed by atoms with Gasteiger partial charge in [0.2, 0.25) is 0 Å². The Morgan fingerprint density at radius 1 is 0.949 bits per heavy atom. The van der Waals surface area contributed by atoms with Gasteiger partial charge in [0.15, 0.2) is 0 Å². The van der Waals surface area contributed by atoms with Gasteiger partial charge in [-0.15, -0.1) is 0 Å². The minimum Gasteiger partial charge on any atom is -0.491 e. The summed E-state index contributed by atoms with van der Waals surface area (Å²) >= 11 is 4.16. The number of carbonyl (C=O) groups is 2. The van der Waals surface area contributed by atoms with Crippen LogP contribution < -0.4 is 8.92 Å². The van der Waals surface area contributed by atoms with Crippen LogP contribution in [0.2, 0.25) is 0 Å². The van der Waals surface area contributed by atoms with Gasteiger partial charge in [0.05, 0.1) is 11.4 Å². The van der Waals surface area contributed by atoms with Crippen molar-refractivity contribution in [3.05, 3.63) is 92.3 Å². The molecule has 0 spiro atoms. The van der Waals surface area contributed by atoms with Gasteiger partial charge in [-0.05, 0) is 85.1 Å². The fourth-order valence-corrected chi connectivity index (χ4v) is 6.09. The van der Waals surface area contributed by atoms with E-state index < -0.39 is 21.3 Å². The topological polar surface area (TPSA) is 90.0 Å². The molecule has 1 fully saturated rings. The number of ether oxygens (including phenoxy) is 1. The van der Waals surface area contributed by atoms with Gasteiger partial charge in [-0.2, -0.15) is 8.42 Å². The minimum atomic E-state index is -4.12. The average molecular weight is 631 g/mol. The van der Waals surface area contributed by atoms with Gasteiger partial charge in [0.25, 0.3) is 11.1 Å². The molecule has 1 aliphatic heterocycles. The molecule has 7 nitrogen and oxygen atoms in total. The zero-order valence-electron chi connectivity index (χ0n) is 21.9. The van der Waals surface area contributed by atoms with E-state index in [1.165, 1.54) is 24.3 Å². The highest BCUT2D eigenvalue weighted by atomic mass is 79.9. The Kier molecular flexibility index (Phi) is 8.88. The number of aryl methyl sites for hydroxylation is 2. The summed E-state index contributed by atoms with van der Waals surface area (Å²) in [6, 6.07) is 17.1. The number of nitrogens with zero attached hydrogens (tertiary/aromatic N) is 1. The Balaban J connectivity index is 1.51. The van der Waals surface area contributed by atoms with E-state index in [1.54, 1.807) is 24.3 Å². The van der Waals surface area contributed by atoms with Crippen LogP contribution in [0, 0.1) is 13.8 Å². The molecule has 204 valence electrons. The lowest BCUT2D eigenvalue weighted by Gasteiger charge is -2.17. The van der Waals surface area contributed by atoms with Crippen molar-refractivity contribution < 1.29 is 26.9 Å². The van der Waals surface area contributed by atoms with E-state index in [1.807, 2.05) is 32.0 Å². The lowest BCUT2D eigenvalue weighted by atomic mass is 10.0. The molecular weight excluding hydrogens is 602 g/mol. The molecule has 0 saturated carbocycles. The first-order valence-corrected chi connectivity index (χ1v) is 15.3. The second kappa shape index (κ2) is 12.0. The molecule has 0 unspecified atom stereocenters. The number of hydrogen-bond donors (Lipinski definition) is 0. The monoisotopic (exact) mass is 629 g/mol. The SMILES string of the molecule is Cc1ccc(S(=O)(=O)Oc2ccc(Br)cc2/C=C2\SC(=O)N(CCOc3cc(C)ccc3C(C)C)C2=O)cc1. The molecule has 0 bridgehead atoms. The Hall–Kier alpha value is -3.08. The third kappa shape index (κ3) is 6.93. The zero-order valence-corrected chi connectivity index (χ0v) is 25.2. The number of thioether (sulfide) groups is 1. The van der Waals surface area contributed by atoms with Crippen LogP contribution in [-0.2, 0) is 14.9 Å². The summed E-state index contributed by atoms with van der Waals surface area (Å²) in [6.07, 6.45) is 1.47. The molecule has 0 radical (unpaired) electrons. The first kappa shape index (κ1) is 28.9. The zero-order chi connectivity index (χ0) is 28.3. The molecule has 3 aromatic rings. The first-order valence-electron chi connectivity index (χ1n) is 12.2. The van der Waals surface area contributed by atoms with Crippen molar-refractivity contribution in [3.63, 3.8) is 0 Å². The van der Waals surface area contributed by atoms with Crippen molar-refractivity contribution in [2.45, 2.75) is 38.5 Å². The number of imide groups is 1. The number of rotatable bonds is 9. The van der Waals surface area contributed by atoms with Gasteiger partial charge < -0.3 is 8.92 Å². The van der Waals surface area contributed by atoms with Crippen LogP contribution in [-0.4, -0.2) is 37.6 Å². The summed E-state index contributed by atoms with van der Waals surface area (Å²) < 4.78 is 37.8. The van der Waals surface area contributed by atoms with Crippen molar-refractivity contribution in [2.75, 3.05) is 13.2 Å². The summed E-state index contributed by atoms with van der Waals surface area (Å²) in [5, 5.41) is -0.423. The van der Waals surface area contributed by atoms with Crippen molar-refractivity contribution in [3.8, 4) is 11.5 Å². The van der Waals surface area contributed by atoms with E-state index >= 15 is 0 Å². The first-order chi connectivity index (χ1) is 18.4. The van der Waals surface area contributed by atoms with Crippen LogP contribution in [0.1, 0.15) is 42.0 Å². The molecule has 39 heavy (non-hydrogen) atoms. The Morgan fingerprint density at radius 2 is 1.64 bits per heavy atom. The summed E-state index contributed by atoms with van der Waals surface area (Å²) in [5.74, 6) is 0.555. The van der Waals surface area contributed by atoms with Gasteiger partial charge >= 0.3 is 10.1 Å². The molecule has 1 aliphatic rings. The predicted molar refractivity (Wildman–Crippen MR) is 157 cm³/mol. The maximum atomic E-state index is 13.1. The third-order valence-electron chi connectivity index (χ3n) is 6.00. The van der Waals surface area contributed by atoms with E-state index in [-0.39, 0.29) is 34.6 Å². The molecule has 0 aromatic heterocycles. The summed E-state index contributed by atoms with van der Waals surface area (Å²) in [4.78, 5) is 27.1. The molecule has 0 atom stereocenters. The maximum Gasteiger partial charge on any atom is 0.339 e. The van der Waals surface area contributed by atoms with Crippen molar-refractivity contribution in [1.29, 1.82) is 0 Å². The highest BCUT2D eigenvalue weighted by Crippen LogP contribution is 2.36. The normalized spacial score (nSPS) is 14.9. The van der Waals surface area contributed by atoms with Crippen molar-refractivity contribution >= 4 is 55.0 Å². The summed E-state index contributed by atoms with van der Waals surface area (Å²) in [5.41, 5.74) is 3.36. The van der Waals surface area contributed by atoms with Gasteiger partial charge in [0, 0.05) is 10.0 Å². The largest absolute Gasteiger partial charge is 0.491 e. The standard InChI is InChI=1S/C29H28BrNO6S2/c1-18(2)24-11-7-20(4)15-26(24)36-14-13-31-28(32)27(38-29(31)33)17-21-16-22(30)8-12-25(21)37-39(34,35)23-9-5-19(3)6-10-23/h5-12,15-18H,13-14H2,1-4H3/b27-17-. The van der Waals surface area contributed by atoms with Crippen molar-refractivity contribution in [2.24, 2.45) is 0 Å². The number of benzene rings is 3. The molecule has 1 heterocycles. The second-order valence-electron chi connectivity index (χ2n) is 9.41. The van der Waals surface area contributed by atoms with Crippen molar-refractivity contribution in [1.82, 2.24) is 4.90 Å². The quantitative estimate of drug-likeness (QED) is 0.185. The van der Waals surface area contributed by atoms with Gasteiger partial charge in [-0.1, -0.05) is 59.6 Å². The Morgan fingerprint density at radius 3 is 2.33 bits per heavy atom. The lowest BCUT2D eigenvalue weighted by molar-refractivity contribution is -0.123. The van der Waals surface area contributed by atoms with E-state index in [2.05, 4.69) is 29.8 Å². The summed E-state index contributed by atoms with van der Waals surface area (Å²) in [6.45, 7) is 8.21. The van der Waals surface area contributed by atoms with Gasteiger partial charge in [-0.25, -0.2) is 0 Å². The van der Waals surface area contributed by atoms with Crippen LogP contribution in [0.15, 0.2) is 74.9 Å². The molecule has 0 N–H and O–H groups in total. The highest BCUT2D eigenvalue weighted by molar-refractivity contribution is 9.10. The summed E-state index contributed by atoms with van der Waals surface area (Å²) in [7, 11) is -4.12. The number of amides is 2. The highest BCUT2D eigenvalue weighted by Gasteiger charge is 2.35. The molecular formula is C29H28BrNO6S2. The number of carbonyl (C=O) groups excluding carboxylic acids is 2. The third-order valence-corrected chi connectivity index (χ3v) is 8.65. The second-order valence-corrected chi connectivity index (χ2v) is 12.9. The van der Waals surface area contributed by atoms with Crippen LogP contribution >= 0.6 is 27.7 Å². The number of halogens is 1. The van der Waals surface area contributed by atoms with E-state index in [4.69, 9.17) is 8.92 Å². The molecule has 1 saturated heterocycles.